The van der Waals surface area contributed by atoms with Crippen LogP contribution in [0.5, 0.6) is 0 Å². The Bertz CT molecular complexity index is 448. The van der Waals surface area contributed by atoms with E-state index in [0.717, 1.165) is 16.9 Å². The lowest BCUT2D eigenvalue weighted by molar-refractivity contribution is -0.885. The Morgan fingerprint density at radius 1 is 1.25 bits per heavy atom. The summed E-state index contributed by atoms with van der Waals surface area (Å²) >= 11 is 0. The Labute approximate surface area is 118 Å². The summed E-state index contributed by atoms with van der Waals surface area (Å²) in [5.74, 6) is -0.616. The smallest absolute Gasteiger partial charge is 0.321 e. The van der Waals surface area contributed by atoms with Crippen molar-refractivity contribution in [2.24, 2.45) is 0 Å². The molecule has 0 saturated heterocycles. The number of urea groups is 1. The summed E-state index contributed by atoms with van der Waals surface area (Å²) in [5, 5.41) is 4.84. The van der Waals surface area contributed by atoms with E-state index in [9.17, 15) is 14.0 Å². The number of hydrogen-bond acceptors (Lipinski definition) is 2. The van der Waals surface area contributed by atoms with Gasteiger partial charge in [0.15, 0.2) is 6.54 Å². The third-order valence-electron chi connectivity index (χ3n) is 2.67. The van der Waals surface area contributed by atoms with Crippen molar-refractivity contribution in [2.75, 3.05) is 20.1 Å². The molecule has 3 amide bonds. The number of amides is 3. The molecular weight excluding hydrogens is 261 g/mol. The van der Waals surface area contributed by atoms with Gasteiger partial charge in [-0.1, -0.05) is 19.1 Å². The molecule has 0 aliphatic carbocycles. The van der Waals surface area contributed by atoms with E-state index in [0.29, 0.717) is 13.1 Å². The summed E-state index contributed by atoms with van der Waals surface area (Å²) in [6, 6.07) is 5.68. The molecule has 0 spiro atoms. The van der Waals surface area contributed by atoms with Crippen LogP contribution in [-0.4, -0.2) is 32.1 Å². The van der Waals surface area contributed by atoms with Crippen LogP contribution in [0.25, 0.3) is 0 Å². The van der Waals surface area contributed by atoms with Gasteiger partial charge in [-0.3, -0.25) is 10.1 Å². The second-order valence-corrected chi connectivity index (χ2v) is 4.74. The molecule has 0 saturated carbocycles. The normalized spacial score (nSPS) is 11.8. The molecule has 5 nitrogen and oxygen atoms in total. The molecule has 1 rings (SSSR count). The van der Waals surface area contributed by atoms with Gasteiger partial charge in [0.25, 0.3) is 5.91 Å². The first-order chi connectivity index (χ1) is 9.51. The Hall–Kier alpha value is -1.95. The van der Waals surface area contributed by atoms with Crippen LogP contribution in [0.1, 0.15) is 18.9 Å². The third-order valence-corrected chi connectivity index (χ3v) is 2.67. The van der Waals surface area contributed by atoms with E-state index < -0.39 is 6.03 Å². The van der Waals surface area contributed by atoms with E-state index in [1.54, 1.807) is 12.1 Å². The fraction of sp³-hybridized carbons (Fsp3) is 0.429. The number of carbonyl (C=O) groups excluding carboxylic acids is 2. The predicted octanol–water partition coefficient (Wildman–Crippen LogP) is 0.0762. The number of halogens is 1. The van der Waals surface area contributed by atoms with E-state index in [1.165, 1.54) is 12.1 Å². The largest absolute Gasteiger partial charge is 0.338 e. The highest BCUT2D eigenvalue weighted by atomic mass is 19.1. The van der Waals surface area contributed by atoms with Gasteiger partial charge in [0.1, 0.15) is 12.4 Å². The maximum atomic E-state index is 12.8. The first kappa shape index (κ1) is 16.1. The lowest BCUT2D eigenvalue weighted by Crippen LogP contribution is -3.09. The average Bonchev–Trinajstić information content (AvgIpc) is 2.38. The minimum absolute atomic E-state index is 0.178. The lowest BCUT2D eigenvalue weighted by Gasteiger charge is -2.13. The monoisotopic (exact) mass is 282 g/mol. The minimum atomic E-state index is -0.466. The van der Waals surface area contributed by atoms with Gasteiger partial charge in [0, 0.05) is 12.1 Å². The fourth-order valence-electron chi connectivity index (χ4n) is 1.74. The zero-order chi connectivity index (χ0) is 15.0. The molecule has 0 aliphatic rings. The van der Waals surface area contributed by atoms with Gasteiger partial charge < -0.3 is 10.2 Å². The Morgan fingerprint density at radius 2 is 1.90 bits per heavy atom. The molecule has 1 unspecified atom stereocenters. The number of quaternary nitrogens is 1. The summed E-state index contributed by atoms with van der Waals surface area (Å²) in [5.41, 5.74) is 0.937. The van der Waals surface area contributed by atoms with Crippen LogP contribution in [0.2, 0.25) is 0 Å². The highest BCUT2D eigenvalue weighted by Crippen LogP contribution is 2.00. The number of benzene rings is 1. The molecule has 6 heteroatoms. The molecule has 3 N–H and O–H groups in total. The van der Waals surface area contributed by atoms with Crippen LogP contribution < -0.4 is 15.5 Å². The maximum Gasteiger partial charge on any atom is 0.321 e. The van der Waals surface area contributed by atoms with Crippen molar-refractivity contribution in [1.82, 2.24) is 10.6 Å². The molecule has 1 aromatic carbocycles. The molecule has 1 aromatic rings. The topological polar surface area (TPSA) is 62.6 Å². The fourth-order valence-corrected chi connectivity index (χ4v) is 1.74. The van der Waals surface area contributed by atoms with Gasteiger partial charge in [-0.25, -0.2) is 9.18 Å². The van der Waals surface area contributed by atoms with Crippen molar-refractivity contribution in [2.45, 2.75) is 19.9 Å². The molecule has 110 valence electrons. The van der Waals surface area contributed by atoms with Crippen LogP contribution in [-0.2, 0) is 11.3 Å². The minimum Gasteiger partial charge on any atom is -0.338 e. The summed E-state index contributed by atoms with van der Waals surface area (Å²) < 4.78 is 12.8. The van der Waals surface area contributed by atoms with Crippen molar-refractivity contribution in [3.05, 3.63) is 35.6 Å². The lowest BCUT2D eigenvalue weighted by atomic mass is 10.2. The quantitative estimate of drug-likeness (QED) is 0.692. The second-order valence-electron chi connectivity index (χ2n) is 4.74. The van der Waals surface area contributed by atoms with E-state index in [4.69, 9.17) is 0 Å². The molecule has 0 radical (unpaired) electrons. The van der Waals surface area contributed by atoms with E-state index in [1.807, 2.05) is 14.0 Å². The molecular formula is C14H21FN3O2+. The molecule has 0 heterocycles. The zero-order valence-corrected chi connectivity index (χ0v) is 11.8. The van der Waals surface area contributed by atoms with Crippen LogP contribution in [0.15, 0.2) is 24.3 Å². The third kappa shape index (κ3) is 6.29. The standard InChI is InChI=1S/C14H20FN3O2/c1-3-8-16-14(20)17-13(19)10-18(2)9-11-4-6-12(15)7-5-11/h4-7H,3,8-10H2,1-2H3,(H2,16,17,19,20)/p+1. The van der Waals surface area contributed by atoms with Crippen molar-refractivity contribution in [3.8, 4) is 0 Å². The van der Waals surface area contributed by atoms with Crippen molar-refractivity contribution in [1.29, 1.82) is 0 Å². The van der Waals surface area contributed by atoms with E-state index >= 15 is 0 Å². The Balaban J connectivity index is 2.34. The first-order valence-electron chi connectivity index (χ1n) is 6.64. The molecule has 0 bridgehead atoms. The van der Waals surface area contributed by atoms with Crippen molar-refractivity contribution in [3.63, 3.8) is 0 Å². The highest BCUT2D eigenvalue weighted by molar-refractivity contribution is 5.94. The molecule has 0 aromatic heterocycles. The van der Waals surface area contributed by atoms with E-state index in [-0.39, 0.29) is 18.3 Å². The predicted molar refractivity (Wildman–Crippen MR) is 73.7 cm³/mol. The number of imide groups is 1. The van der Waals surface area contributed by atoms with Crippen LogP contribution >= 0.6 is 0 Å². The summed E-state index contributed by atoms with van der Waals surface area (Å²) in [6.45, 7) is 3.24. The summed E-state index contributed by atoms with van der Waals surface area (Å²) in [4.78, 5) is 23.8. The van der Waals surface area contributed by atoms with Gasteiger partial charge >= 0.3 is 6.03 Å². The number of rotatable bonds is 6. The SMILES string of the molecule is CCCNC(=O)NC(=O)C[NH+](C)Cc1ccc(F)cc1. The van der Waals surface area contributed by atoms with Gasteiger partial charge in [0.05, 0.1) is 7.05 Å². The zero-order valence-electron chi connectivity index (χ0n) is 11.8. The summed E-state index contributed by atoms with van der Waals surface area (Å²) in [7, 11) is 1.84. The second kappa shape index (κ2) is 8.27. The van der Waals surface area contributed by atoms with E-state index in [2.05, 4.69) is 10.6 Å². The Kier molecular flexibility index (Phi) is 6.66. The molecule has 20 heavy (non-hydrogen) atoms. The number of nitrogens with one attached hydrogen (secondary N) is 3. The number of hydrogen-bond donors (Lipinski definition) is 3. The molecule has 1 atom stereocenters. The Morgan fingerprint density at radius 3 is 2.50 bits per heavy atom. The number of carbonyl (C=O) groups is 2. The maximum absolute atomic E-state index is 12.8. The van der Waals surface area contributed by atoms with Crippen LogP contribution in [0.3, 0.4) is 0 Å². The van der Waals surface area contributed by atoms with Gasteiger partial charge in [-0.15, -0.1) is 0 Å². The highest BCUT2D eigenvalue weighted by Gasteiger charge is 2.13. The summed E-state index contributed by atoms with van der Waals surface area (Å²) in [6.07, 6.45) is 0.817. The van der Waals surface area contributed by atoms with Crippen molar-refractivity contribution >= 4 is 11.9 Å². The molecule has 0 fully saturated rings. The van der Waals surface area contributed by atoms with Crippen LogP contribution in [0, 0.1) is 5.82 Å². The van der Waals surface area contributed by atoms with Crippen molar-refractivity contribution < 1.29 is 18.9 Å². The van der Waals surface area contributed by atoms with Gasteiger partial charge in [0.2, 0.25) is 0 Å². The van der Waals surface area contributed by atoms with Gasteiger partial charge in [-0.05, 0) is 18.6 Å². The van der Waals surface area contributed by atoms with Gasteiger partial charge in [-0.2, -0.15) is 0 Å². The average molecular weight is 282 g/mol. The van der Waals surface area contributed by atoms with Crippen LogP contribution in [0.4, 0.5) is 9.18 Å². The number of likely N-dealkylation sites (N-methyl/N-ethyl adjacent to an activating group) is 1. The first-order valence-corrected chi connectivity index (χ1v) is 6.64. The molecule has 0 aliphatic heterocycles.